The Morgan fingerprint density at radius 2 is 2.10 bits per heavy atom. The maximum atomic E-state index is 13.7. The van der Waals surface area contributed by atoms with E-state index in [1.165, 1.54) is 13.2 Å². The molecule has 3 rings (SSSR count). The first-order valence-electron chi connectivity index (χ1n) is 6.66. The average Bonchev–Trinajstić information content (AvgIpc) is 2.98. The summed E-state index contributed by atoms with van der Waals surface area (Å²) >= 11 is 0. The van der Waals surface area contributed by atoms with Crippen LogP contribution in [0.15, 0.2) is 22.7 Å². The molecule has 114 valence electrons. The van der Waals surface area contributed by atoms with Crippen molar-refractivity contribution in [2.45, 2.75) is 18.8 Å². The van der Waals surface area contributed by atoms with E-state index in [-0.39, 0.29) is 18.2 Å². The molecule has 1 aliphatic heterocycles. The van der Waals surface area contributed by atoms with Gasteiger partial charge in [0.2, 0.25) is 11.7 Å². The third-order valence-electron chi connectivity index (χ3n) is 3.54. The Labute approximate surface area is 128 Å². The van der Waals surface area contributed by atoms with Crippen molar-refractivity contribution < 1.29 is 13.7 Å². The Balaban J connectivity index is 0.00000161. The van der Waals surface area contributed by atoms with Gasteiger partial charge < -0.3 is 14.6 Å². The molecule has 0 bridgehead atoms. The summed E-state index contributed by atoms with van der Waals surface area (Å²) in [5, 5.41) is 7.23. The number of nitrogens with one attached hydrogen (secondary N) is 1. The van der Waals surface area contributed by atoms with Crippen LogP contribution >= 0.6 is 12.4 Å². The number of aromatic nitrogens is 2. The summed E-state index contributed by atoms with van der Waals surface area (Å²) in [5.41, 5.74) is 0.590. The minimum atomic E-state index is -0.432. The van der Waals surface area contributed by atoms with Crippen LogP contribution in [0.5, 0.6) is 5.75 Å². The van der Waals surface area contributed by atoms with Gasteiger partial charge in [-0.25, -0.2) is 4.39 Å². The van der Waals surface area contributed by atoms with Crippen LogP contribution in [0.2, 0.25) is 0 Å². The zero-order valence-corrected chi connectivity index (χ0v) is 12.5. The van der Waals surface area contributed by atoms with Gasteiger partial charge in [-0.3, -0.25) is 0 Å². The smallest absolute Gasteiger partial charge is 0.230 e. The molecule has 0 amide bonds. The fraction of sp³-hybridized carbons (Fsp3) is 0.429. The van der Waals surface area contributed by atoms with Gasteiger partial charge in [0.1, 0.15) is 0 Å². The van der Waals surface area contributed by atoms with Crippen LogP contribution in [0.4, 0.5) is 4.39 Å². The van der Waals surface area contributed by atoms with E-state index in [1.54, 1.807) is 12.1 Å². The zero-order valence-electron chi connectivity index (χ0n) is 11.6. The predicted octanol–water partition coefficient (Wildman–Crippen LogP) is 2.77. The Kier molecular flexibility index (Phi) is 5.14. The summed E-state index contributed by atoms with van der Waals surface area (Å²) in [6.45, 7) is 1.92. The third-order valence-corrected chi connectivity index (χ3v) is 3.54. The van der Waals surface area contributed by atoms with Crippen molar-refractivity contribution in [3.63, 3.8) is 0 Å². The van der Waals surface area contributed by atoms with Crippen LogP contribution in [0.3, 0.4) is 0 Å². The molecule has 0 radical (unpaired) electrons. The van der Waals surface area contributed by atoms with E-state index in [9.17, 15) is 4.39 Å². The summed E-state index contributed by atoms with van der Waals surface area (Å²) in [7, 11) is 1.43. The van der Waals surface area contributed by atoms with Gasteiger partial charge in [0.25, 0.3) is 0 Å². The van der Waals surface area contributed by atoms with Gasteiger partial charge in [0.05, 0.1) is 7.11 Å². The molecule has 2 aromatic rings. The molecule has 1 N–H and O–H groups in total. The van der Waals surface area contributed by atoms with E-state index in [2.05, 4.69) is 15.5 Å². The highest BCUT2D eigenvalue weighted by atomic mass is 35.5. The number of hydrogen-bond acceptors (Lipinski definition) is 5. The average molecular weight is 314 g/mol. The molecule has 1 aromatic carbocycles. The van der Waals surface area contributed by atoms with E-state index in [0.717, 1.165) is 25.9 Å². The van der Waals surface area contributed by atoms with Gasteiger partial charge in [-0.2, -0.15) is 4.98 Å². The van der Waals surface area contributed by atoms with E-state index in [0.29, 0.717) is 23.2 Å². The largest absolute Gasteiger partial charge is 0.494 e. The molecule has 21 heavy (non-hydrogen) atoms. The van der Waals surface area contributed by atoms with Gasteiger partial charge in [-0.15, -0.1) is 12.4 Å². The zero-order chi connectivity index (χ0) is 13.9. The first-order valence-corrected chi connectivity index (χ1v) is 6.66. The lowest BCUT2D eigenvalue weighted by molar-refractivity contribution is 0.320. The second kappa shape index (κ2) is 6.87. The summed E-state index contributed by atoms with van der Waals surface area (Å²) in [6, 6.07) is 4.64. The van der Waals surface area contributed by atoms with Crippen molar-refractivity contribution >= 4 is 12.4 Å². The molecule has 0 spiro atoms. The van der Waals surface area contributed by atoms with Crippen molar-refractivity contribution in [2.75, 3.05) is 20.2 Å². The molecule has 1 aromatic heterocycles. The Morgan fingerprint density at radius 1 is 1.33 bits per heavy atom. The molecule has 1 aliphatic rings. The highest BCUT2D eigenvalue weighted by Crippen LogP contribution is 2.27. The van der Waals surface area contributed by atoms with Gasteiger partial charge in [0.15, 0.2) is 11.6 Å². The molecule has 0 aliphatic carbocycles. The summed E-state index contributed by atoms with van der Waals surface area (Å²) < 4.78 is 23.9. The van der Waals surface area contributed by atoms with Crippen molar-refractivity contribution in [1.29, 1.82) is 0 Å². The van der Waals surface area contributed by atoms with Crippen LogP contribution in [0.25, 0.3) is 11.4 Å². The van der Waals surface area contributed by atoms with Gasteiger partial charge >= 0.3 is 0 Å². The number of methoxy groups -OCH3 is 1. The van der Waals surface area contributed by atoms with E-state index >= 15 is 0 Å². The van der Waals surface area contributed by atoms with E-state index in [4.69, 9.17) is 9.26 Å². The maximum Gasteiger partial charge on any atom is 0.230 e. The normalized spacial score (nSPS) is 15.5. The standard InChI is InChI=1S/C14H16FN3O2.ClH/c1-19-12-3-2-10(8-11(12)15)13-17-14(20-18-13)9-4-6-16-7-5-9;/h2-3,8-9,16H,4-7H2,1H3;1H. The molecule has 1 saturated heterocycles. The van der Waals surface area contributed by atoms with Crippen LogP contribution in [0.1, 0.15) is 24.7 Å². The molecule has 0 unspecified atom stereocenters. The summed E-state index contributed by atoms with van der Waals surface area (Å²) in [5.74, 6) is 1.12. The summed E-state index contributed by atoms with van der Waals surface area (Å²) in [6.07, 6.45) is 1.97. The first-order chi connectivity index (χ1) is 9.78. The van der Waals surface area contributed by atoms with Crippen molar-refractivity contribution in [1.82, 2.24) is 15.5 Å². The number of piperidine rings is 1. The lowest BCUT2D eigenvalue weighted by atomic mass is 9.98. The Bertz CT molecular complexity index is 600. The van der Waals surface area contributed by atoms with Crippen LogP contribution < -0.4 is 10.1 Å². The molecular weight excluding hydrogens is 297 g/mol. The van der Waals surface area contributed by atoms with Crippen LogP contribution in [-0.4, -0.2) is 30.3 Å². The topological polar surface area (TPSA) is 60.2 Å². The Hall–Kier alpha value is -1.66. The molecule has 2 heterocycles. The second-order valence-corrected chi connectivity index (χ2v) is 4.83. The van der Waals surface area contributed by atoms with Gasteiger partial charge in [0, 0.05) is 11.5 Å². The number of benzene rings is 1. The first kappa shape index (κ1) is 15.7. The number of ether oxygens (including phenoxy) is 1. The molecule has 1 fully saturated rings. The van der Waals surface area contributed by atoms with Gasteiger partial charge in [-0.1, -0.05) is 5.16 Å². The fourth-order valence-corrected chi connectivity index (χ4v) is 2.39. The van der Waals surface area contributed by atoms with E-state index < -0.39 is 5.82 Å². The number of nitrogens with zero attached hydrogens (tertiary/aromatic N) is 2. The second-order valence-electron chi connectivity index (χ2n) is 4.83. The van der Waals surface area contributed by atoms with Crippen molar-refractivity contribution in [2.24, 2.45) is 0 Å². The SMILES string of the molecule is COc1ccc(-c2noc(C3CCNCC3)n2)cc1F.Cl. The minimum absolute atomic E-state index is 0. The maximum absolute atomic E-state index is 13.7. The molecular formula is C14H17ClFN3O2. The van der Waals surface area contributed by atoms with Crippen LogP contribution in [-0.2, 0) is 0 Å². The lowest BCUT2D eigenvalue weighted by Crippen LogP contribution is -2.26. The molecule has 5 nitrogen and oxygen atoms in total. The summed E-state index contributed by atoms with van der Waals surface area (Å²) in [4.78, 5) is 4.39. The number of rotatable bonds is 3. The van der Waals surface area contributed by atoms with Crippen molar-refractivity contribution in [3.8, 4) is 17.1 Å². The van der Waals surface area contributed by atoms with Crippen molar-refractivity contribution in [3.05, 3.63) is 29.9 Å². The van der Waals surface area contributed by atoms with E-state index in [1.807, 2.05) is 0 Å². The third kappa shape index (κ3) is 3.33. The molecule has 7 heteroatoms. The molecule has 0 atom stereocenters. The number of halogens is 2. The minimum Gasteiger partial charge on any atom is -0.494 e. The monoisotopic (exact) mass is 313 g/mol. The van der Waals surface area contributed by atoms with Crippen LogP contribution in [0, 0.1) is 5.82 Å². The highest BCUT2D eigenvalue weighted by molar-refractivity contribution is 5.85. The molecule has 0 saturated carbocycles. The quantitative estimate of drug-likeness (QED) is 0.944. The lowest BCUT2D eigenvalue weighted by Gasteiger charge is -2.18. The highest BCUT2D eigenvalue weighted by Gasteiger charge is 2.22. The number of hydrogen-bond donors (Lipinski definition) is 1. The van der Waals surface area contributed by atoms with Gasteiger partial charge in [-0.05, 0) is 44.1 Å². The predicted molar refractivity (Wildman–Crippen MR) is 78.3 cm³/mol. The Morgan fingerprint density at radius 3 is 2.76 bits per heavy atom. The fourth-order valence-electron chi connectivity index (χ4n) is 2.39.